The highest BCUT2D eigenvalue weighted by molar-refractivity contribution is 8.13. The molecule has 3 aliphatic rings. The SMILES string of the molecule is CC(C)c1ccccc1N=C1SCCCN1C(=O)CN1C(=O)C2CC=CCC2C1=O. The lowest BCUT2D eigenvalue weighted by Gasteiger charge is -2.29. The summed E-state index contributed by atoms with van der Waals surface area (Å²) >= 11 is 1.55. The number of thioether (sulfide) groups is 1. The number of amidine groups is 1. The van der Waals surface area contributed by atoms with Crippen molar-refractivity contribution in [3.8, 4) is 0 Å². The van der Waals surface area contributed by atoms with Gasteiger partial charge in [0.1, 0.15) is 6.54 Å². The number of rotatable bonds is 4. The summed E-state index contributed by atoms with van der Waals surface area (Å²) < 4.78 is 0. The summed E-state index contributed by atoms with van der Waals surface area (Å²) in [6.45, 7) is 4.60. The lowest BCUT2D eigenvalue weighted by Crippen LogP contribution is -2.46. The highest BCUT2D eigenvalue weighted by Crippen LogP contribution is 2.35. The van der Waals surface area contributed by atoms with Gasteiger partial charge in [0.25, 0.3) is 0 Å². The number of carbonyl (C=O) groups is 3. The van der Waals surface area contributed by atoms with Crippen LogP contribution in [0.1, 0.15) is 44.6 Å². The van der Waals surface area contributed by atoms with Crippen LogP contribution in [0.5, 0.6) is 0 Å². The van der Waals surface area contributed by atoms with E-state index in [4.69, 9.17) is 4.99 Å². The lowest BCUT2D eigenvalue weighted by molar-refractivity contribution is -0.145. The molecular weight excluding hydrogens is 398 g/mol. The topological polar surface area (TPSA) is 70.1 Å². The molecule has 0 bridgehead atoms. The zero-order valence-corrected chi connectivity index (χ0v) is 18.2. The van der Waals surface area contributed by atoms with Gasteiger partial charge >= 0.3 is 0 Å². The van der Waals surface area contributed by atoms with E-state index < -0.39 is 0 Å². The maximum Gasteiger partial charge on any atom is 0.248 e. The van der Waals surface area contributed by atoms with E-state index in [1.807, 2.05) is 30.4 Å². The molecule has 2 atom stereocenters. The number of fused-ring (bicyclic) bond motifs is 1. The van der Waals surface area contributed by atoms with E-state index in [2.05, 4.69) is 19.9 Å². The number of nitrogens with zero attached hydrogens (tertiary/aromatic N) is 3. The molecule has 2 fully saturated rings. The van der Waals surface area contributed by atoms with Crippen molar-refractivity contribution in [3.63, 3.8) is 0 Å². The molecule has 0 N–H and O–H groups in total. The van der Waals surface area contributed by atoms with Crippen LogP contribution in [0.3, 0.4) is 0 Å². The van der Waals surface area contributed by atoms with Crippen LogP contribution in [-0.4, -0.2) is 51.5 Å². The van der Waals surface area contributed by atoms with Crippen molar-refractivity contribution in [3.05, 3.63) is 42.0 Å². The molecule has 2 aliphatic heterocycles. The number of imide groups is 1. The molecule has 7 heteroatoms. The monoisotopic (exact) mass is 425 g/mol. The van der Waals surface area contributed by atoms with E-state index in [1.165, 1.54) is 4.90 Å². The van der Waals surface area contributed by atoms with Crippen LogP contribution in [-0.2, 0) is 14.4 Å². The molecule has 3 amide bonds. The lowest BCUT2D eigenvalue weighted by atomic mass is 9.85. The van der Waals surface area contributed by atoms with Crippen LogP contribution in [0.15, 0.2) is 41.4 Å². The molecule has 30 heavy (non-hydrogen) atoms. The summed E-state index contributed by atoms with van der Waals surface area (Å²) in [7, 11) is 0. The smallest absolute Gasteiger partial charge is 0.248 e. The molecule has 0 radical (unpaired) electrons. The predicted octanol–water partition coefficient (Wildman–Crippen LogP) is 3.71. The maximum atomic E-state index is 13.1. The van der Waals surface area contributed by atoms with Gasteiger partial charge < -0.3 is 0 Å². The van der Waals surface area contributed by atoms with Crippen LogP contribution in [0.25, 0.3) is 0 Å². The van der Waals surface area contributed by atoms with Gasteiger partial charge in [-0.3, -0.25) is 24.2 Å². The zero-order chi connectivity index (χ0) is 21.3. The minimum atomic E-state index is -0.308. The maximum absolute atomic E-state index is 13.1. The zero-order valence-electron chi connectivity index (χ0n) is 17.4. The van der Waals surface area contributed by atoms with Gasteiger partial charge in [-0.1, -0.05) is 56.0 Å². The number of hydrogen-bond donors (Lipinski definition) is 0. The molecule has 0 spiro atoms. The molecule has 1 aromatic rings. The Morgan fingerprint density at radius 3 is 2.47 bits per heavy atom. The van der Waals surface area contributed by atoms with Gasteiger partial charge in [0.05, 0.1) is 17.5 Å². The third kappa shape index (κ3) is 3.95. The van der Waals surface area contributed by atoms with Gasteiger partial charge in [-0.25, -0.2) is 4.99 Å². The van der Waals surface area contributed by atoms with Crippen molar-refractivity contribution in [1.82, 2.24) is 9.80 Å². The molecular formula is C23H27N3O3S. The van der Waals surface area contributed by atoms with Crippen molar-refractivity contribution in [2.75, 3.05) is 18.8 Å². The highest BCUT2D eigenvalue weighted by Gasteiger charge is 2.48. The summed E-state index contributed by atoms with van der Waals surface area (Å²) in [6.07, 6.45) is 5.93. The van der Waals surface area contributed by atoms with Crippen molar-refractivity contribution >= 4 is 40.3 Å². The first-order valence-electron chi connectivity index (χ1n) is 10.6. The molecule has 4 rings (SSSR count). The largest absolute Gasteiger partial charge is 0.290 e. The second kappa shape index (κ2) is 8.76. The van der Waals surface area contributed by atoms with Gasteiger partial charge in [0.15, 0.2) is 5.17 Å². The van der Waals surface area contributed by atoms with Gasteiger partial charge in [0, 0.05) is 12.3 Å². The Kier molecular flexibility index (Phi) is 6.09. The minimum Gasteiger partial charge on any atom is -0.290 e. The van der Waals surface area contributed by atoms with Crippen molar-refractivity contribution < 1.29 is 14.4 Å². The Bertz CT molecular complexity index is 898. The number of para-hydroxylation sites is 1. The molecule has 0 aromatic heterocycles. The Labute approximate surface area is 181 Å². The van der Waals surface area contributed by atoms with Crippen LogP contribution in [0, 0.1) is 11.8 Å². The number of likely N-dealkylation sites (tertiary alicyclic amines) is 1. The third-order valence-electron chi connectivity index (χ3n) is 5.96. The first kappa shape index (κ1) is 20.8. The molecule has 2 heterocycles. The number of carbonyl (C=O) groups excluding carboxylic acids is 3. The standard InChI is InChI=1S/C23H27N3O3S/c1-15(2)16-8-5-6-11-19(16)24-23-25(12-7-13-30-23)20(27)14-26-21(28)17-9-3-4-10-18(17)22(26)29/h3-6,8,11,15,17-18H,7,9-10,12-14H2,1-2H3. The van der Waals surface area contributed by atoms with E-state index in [0.717, 1.165) is 23.4 Å². The minimum absolute atomic E-state index is 0.198. The molecule has 158 valence electrons. The highest BCUT2D eigenvalue weighted by atomic mass is 32.2. The van der Waals surface area contributed by atoms with Crippen molar-refractivity contribution in [2.45, 2.75) is 39.0 Å². The first-order chi connectivity index (χ1) is 14.5. The summed E-state index contributed by atoms with van der Waals surface area (Å²) in [4.78, 5) is 46.2. The summed E-state index contributed by atoms with van der Waals surface area (Å²) in [5.41, 5.74) is 1.99. The average Bonchev–Trinajstić information content (AvgIpc) is 2.99. The average molecular weight is 426 g/mol. The van der Waals surface area contributed by atoms with Gasteiger partial charge in [-0.15, -0.1) is 0 Å². The first-order valence-corrected chi connectivity index (χ1v) is 11.6. The quantitative estimate of drug-likeness (QED) is 0.545. The Morgan fingerprint density at radius 1 is 1.13 bits per heavy atom. The summed E-state index contributed by atoms with van der Waals surface area (Å²) in [5.74, 6) is -0.0679. The van der Waals surface area contributed by atoms with E-state index in [1.54, 1.807) is 16.7 Å². The number of benzene rings is 1. The van der Waals surface area contributed by atoms with E-state index >= 15 is 0 Å². The normalized spacial score (nSPS) is 25.4. The van der Waals surface area contributed by atoms with Gasteiger partial charge in [-0.2, -0.15) is 0 Å². The number of hydrogen-bond acceptors (Lipinski definition) is 5. The van der Waals surface area contributed by atoms with Gasteiger partial charge in [0.2, 0.25) is 17.7 Å². The molecule has 2 unspecified atom stereocenters. The van der Waals surface area contributed by atoms with Crippen LogP contribution in [0.2, 0.25) is 0 Å². The number of allylic oxidation sites excluding steroid dienone is 2. The van der Waals surface area contributed by atoms with Crippen LogP contribution in [0.4, 0.5) is 5.69 Å². The van der Waals surface area contributed by atoms with Crippen LogP contribution < -0.4 is 0 Å². The fraction of sp³-hybridized carbons (Fsp3) is 0.478. The third-order valence-corrected chi connectivity index (χ3v) is 7.02. The number of amides is 3. The molecule has 1 aliphatic carbocycles. The number of aliphatic imine (C=N–C) groups is 1. The second-order valence-corrected chi connectivity index (χ2v) is 9.34. The molecule has 2 saturated heterocycles. The van der Waals surface area contributed by atoms with Gasteiger partial charge in [-0.05, 0) is 36.8 Å². The Morgan fingerprint density at radius 2 is 1.80 bits per heavy atom. The Balaban J connectivity index is 1.54. The molecule has 0 saturated carbocycles. The predicted molar refractivity (Wildman–Crippen MR) is 118 cm³/mol. The fourth-order valence-corrected chi connectivity index (χ4v) is 5.28. The molecule has 6 nitrogen and oxygen atoms in total. The van der Waals surface area contributed by atoms with E-state index in [-0.39, 0.29) is 36.1 Å². The van der Waals surface area contributed by atoms with Crippen molar-refractivity contribution in [1.29, 1.82) is 0 Å². The van der Waals surface area contributed by atoms with Crippen molar-refractivity contribution in [2.24, 2.45) is 16.8 Å². The Hall–Kier alpha value is -2.41. The summed E-state index contributed by atoms with van der Waals surface area (Å²) in [6, 6.07) is 7.96. The second-order valence-electron chi connectivity index (χ2n) is 8.27. The summed E-state index contributed by atoms with van der Waals surface area (Å²) in [5, 5.41) is 0.650. The van der Waals surface area contributed by atoms with E-state index in [9.17, 15) is 14.4 Å². The fourth-order valence-electron chi connectivity index (χ4n) is 4.31. The van der Waals surface area contributed by atoms with E-state index in [0.29, 0.717) is 30.5 Å². The molecule has 1 aromatic carbocycles. The van der Waals surface area contributed by atoms with Crippen LogP contribution >= 0.6 is 11.8 Å².